The largest absolute Gasteiger partial charge is 0.465 e. The van der Waals surface area contributed by atoms with Crippen molar-refractivity contribution in [2.75, 3.05) is 29.9 Å². The van der Waals surface area contributed by atoms with E-state index in [-0.39, 0.29) is 11.8 Å². The van der Waals surface area contributed by atoms with Crippen LogP contribution < -0.4 is 10.2 Å². The number of carbonyl (C=O) groups is 3. The Morgan fingerprint density at radius 2 is 1.97 bits per heavy atom. The molecule has 2 aromatic rings. The lowest BCUT2D eigenvalue weighted by Gasteiger charge is -2.32. The van der Waals surface area contributed by atoms with Crippen molar-refractivity contribution in [2.24, 2.45) is 11.8 Å². The molecule has 0 unspecified atom stereocenters. The summed E-state index contributed by atoms with van der Waals surface area (Å²) in [5, 5.41) is 13.2. The summed E-state index contributed by atoms with van der Waals surface area (Å²) in [5.41, 5.74) is 1.33. The number of rotatable bonds is 4. The molecule has 2 saturated heterocycles. The molecule has 5 rings (SSSR count). The van der Waals surface area contributed by atoms with Gasteiger partial charge in [0.2, 0.25) is 5.91 Å². The van der Waals surface area contributed by atoms with E-state index in [0.717, 1.165) is 42.3 Å². The molecule has 0 bridgehead atoms. The molecule has 1 saturated carbocycles. The molecule has 0 radical (unpaired) electrons. The lowest BCUT2D eigenvalue weighted by Crippen LogP contribution is -2.47. The Hall–Kier alpha value is -2.88. The first-order valence-corrected chi connectivity index (χ1v) is 12.0. The number of amides is 3. The Balaban J connectivity index is 1.36. The fraction of sp³-hybridized carbons (Fsp3) is 0.545. The zero-order valence-corrected chi connectivity index (χ0v) is 18.5. The molecular formula is C22H26N4O5S. The highest BCUT2D eigenvalue weighted by Crippen LogP contribution is 2.39. The molecule has 3 heterocycles. The fourth-order valence-corrected chi connectivity index (χ4v) is 6.33. The van der Waals surface area contributed by atoms with E-state index in [2.05, 4.69) is 10.3 Å². The highest BCUT2D eigenvalue weighted by Gasteiger charge is 2.45. The molecule has 2 aliphatic heterocycles. The Morgan fingerprint density at radius 1 is 1.16 bits per heavy atom. The van der Waals surface area contributed by atoms with Crippen LogP contribution in [0, 0.1) is 11.8 Å². The van der Waals surface area contributed by atoms with Gasteiger partial charge in [0, 0.05) is 12.2 Å². The van der Waals surface area contributed by atoms with Gasteiger partial charge in [-0.1, -0.05) is 43.4 Å². The number of anilines is 2. The molecule has 10 heteroatoms. The van der Waals surface area contributed by atoms with Crippen LogP contribution in [-0.2, 0) is 9.53 Å². The SMILES string of the molecule is O=C(Nc1ccc2nc(N3CCOC3=O)sc2c1)[C@@H]1[C@H](C2CCCCC2)CCN1C(=O)O. The third-order valence-electron chi connectivity index (χ3n) is 6.85. The predicted molar refractivity (Wildman–Crippen MR) is 120 cm³/mol. The average Bonchev–Trinajstić information content (AvgIpc) is 3.51. The van der Waals surface area contributed by atoms with Crippen molar-refractivity contribution in [3.63, 3.8) is 0 Å². The minimum Gasteiger partial charge on any atom is -0.465 e. The molecule has 2 atom stereocenters. The summed E-state index contributed by atoms with van der Waals surface area (Å²) in [6.45, 7) is 1.22. The average molecular weight is 459 g/mol. The van der Waals surface area contributed by atoms with Crippen molar-refractivity contribution >= 4 is 50.5 Å². The molecule has 2 N–H and O–H groups in total. The fourth-order valence-electron chi connectivity index (χ4n) is 5.31. The van der Waals surface area contributed by atoms with Crippen molar-refractivity contribution in [2.45, 2.75) is 44.6 Å². The van der Waals surface area contributed by atoms with E-state index in [0.29, 0.717) is 36.4 Å². The van der Waals surface area contributed by atoms with Gasteiger partial charge < -0.3 is 15.2 Å². The maximum atomic E-state index is 13.3. The maximum absolute atomic E-state index is 13.3. The number of carbonyl (C=O) groups excluding carboxylic acids is 2. The van der Waals surface area contributed by atoms with Crippen molar-refractivity contribution in [1.29, 1.82) is 0 Å². The van der Waals surface area contributed by atoms with Crippen LogP contribution in [0.5, 0.6) is 0 Å². The first-order chi connectivity index (χ1) is 15.5. The standard InChI is InChI=1S/C22H26N4O5S/c27-19(18-15(8-9-25(18)21(28)29)13-4-2-1-3-5-13)23-14-6-7-16-17(12-14)32-20(24-16)26-10-11-31-22(26)30/h6-7,12-13,15,18H,1-5,8-11H2,(H,23,27)(H,28,29)/t15-,18-/m0/s1. The van der Waals surface area contributed by atoms with Crippen molar-refractivity contribution in [3.8, 4) is 0 Å². The van der Waals surface area contributed by atoms with Gasteiger partial charge in [-0.15, -0.1) is 0 Å². The third kappa shape index (κ3) is 3.87. The van der Waals surface area contributed by atoms with Crippen molar-refractivity contribution in [3.05, 3.63) is 18.2 Å². The van der Waals surface area contributed by atoms with Gasteiger partial charge in [0.1, 0.15) is 12.6 Å². The van der Waals surface area contributed by atoms with Gasteiger partial charge in [0.25, 0.3) is 0 Å². The van der Waals surface area contributed by atoms with Gasteiger partial charge in [0.15, 0.2) is 5.13 Å². The van der Waals surface area contributed by atoms with E-state index >= 15 is 0 Å². The highest BCUT2D eigenvalue weighted by atomic mass is 32.1. The van der Waals surface area contributed by atoms with E-state index in [9.17, 15) is 19.5 Å². The Bertz CT molecular complexity index is 1050. The summed E-state index contributed by atoms with van der Waals surface area (Å²) in [5.74, 6) is 0.189. The molecule has 1 aromatic heterocycles. The molecule has 3 amide bonds. The Labute approximate surface area is 189 Å². The number of ether oxygens (including phenoxy) is 1. The molecule has 1 aliphatic carbocycles. The van der Waals surface area contributed by atoms with Crippen molar-refractivity contribution < 1.29 is 24.2 Å². The number of aromatic nitrogens is 1. The van der Waals surface area contributed by atoms with Crippen LogP contribution in [0.4, 0.5) is 20.4 Å². The summed E-state index contributed by atoms with van der Waals surface area (Å²) in [6, 6.07) is 4.73. The Morgan fingerprint density at radius 3 is 2.69 bits per heavy atom. The van der Waals surface area contributed by atoms with Crippen LogP contribution in [0.3, 0.4) is 0 Å². The predicted octanol–water partition coefficient (Wildman–Crippen LogP) is 4.14. The van der Waals surface area contributed by atoms with Gasteiger partial charge in [0.05, 0.1) is 16.8 Å². The van der Waals surface area contributed by atoms with Crippen molar-refractivity contribution in [1.82, 2.24) is 9.88 Å². The third-order valence-corrected chi connectivity index (χ3v) is 7.89. The molecule has 170 valence electrons. The van der Waals surface area contributed by atoms with Crippen LogP contribution in [0.25, 0.3) is 10.2 Å². The van der Waals surface area contributed by atoms with Crippen LogP contribution in [-0.4, -0.2) is 58.8 Å². The zero-order valence-electron chi connectivity index (χ0n) is 17.7. The number of nitrogens with zero attached hydrogens (tertiary/aromatic N) is 3. The molecule has 9 nitrogen and oxygen atoms in total. The molecule has 0 spiro atoms. The second-order valence-electron chi connectivity index (χ2n) is 8.71. The Kier molecular flexibility index (Phi) is 5.62. The van der Waals surface area contributed by atoms with Crippen LogP contribution in [0.1, 0.15) is 38.5 Å². The van der Waals surface area contributed by atoms with E-state index in [4.69, 9.17) is 4.74 Å². The van der Waals surface area contributed by atoms with Crippen LogP contribution in [0.2, 0.25) is 0 Å². The first-order valence-electron chi connectivity index (χ1n) is 11.2. The molecule has 3 aliphatic rings. The normalized spacial score (nSPS) is 24.2. The molecular weight excluding hydrogens is 432 g/mol. The van der Waals surface area contributed by atoms with E-state index in [1.807, 2.05) is 6.07 Å². The minimum absolute atomic E-state index is 0.0614. The van der Waals surface area contributed by atoms with Gasteiger partial charge in [-0.25, -0.2) is 19.5 Å². The number of cyclic esters (lactones) is 1. The summed E-state index contributed by atoms with van der Waals surface area (Å²) < 4.78 is 5.82. The highest BCUT2D eigenvalue weighted by molar-refractivity contribution is 7.22. The molecule has 3 fully saturated rings. The number of nitrogens with one attached hydrogen (secondary N) is 1. The summed E-state index contributed by atoms with van der Waals surface area (Å²) in [7, 11) is 0. The van der Waals surface area contributed by atoms with Crippen LogP contribution in [0.15, 0.2) is 18.2 Å². The van der Waals surface area contributed by atoms with Crippen LogP contribution >= 0.6 is 11.3 Å². The number of carboxylic acid groups (broad SMARTS) is 1. The monoisotopic (exact) mass is 458 g/mol. The topological polar surface area (TPSA) is 112 Å². The summed E-state index contributed by atoms with van der Waals surface area (Å²) in [4.78, 5) is 44.2. The van der Waals surface area contributed by atoms with E-state index in [1.54, 1.807) is 12.1 Å². The number of benzene rings is 1. The second-order valence-corrected chi connectivity index (χ2v) is 9.71. The number of likely N-dealkylation sites (tertiary alicyclic amines) is 1. The van der Waals surface area contributed by atoms with Gasteiger partial charge >= 0.3 is 12.2 Å². The van der Waals surface area contributed by atoms with E-state index in [1.165, 1.54) is 27.6 Å². The van der Waals surface area contributed by atoms with Gasteiger partial charge in [-0.2, -0.15) is 0 Å². The quantitative estimate of drug-likeness (QED) is 0.712. The smallest absolute Gasteiger partial charge is 0.416 e. The number of hydrogen-bond donors (Lipinski definition) is 2. The number of thiazole rings is 1. The molecule has 32 heavy (non-hydrogen) atoms. The lowest BCUT2D eigenvalue weighted by atomic mass is 9.76. The van der Waals surface area contributed by atoms with Gasteiger partial charge in [-0.05, 0) is 36.5 Å². The number of hydrogen-bond acceptors (Lipinski definition) is 6. The number of fused-ring (bicyclic) bond motifs is 1. The summed E-state index contributed by atoms with van der Waals surface area (Å²) in [6.07, 6.45) is 4.94. The van der Waals surface area contributed by atoms with Gasteiger partial charge in [-0.3, -0.25) is 9.69 Å². The minimum atomic E-state index is -1.04. The first kappa shape index (κ1) is 21.0. The zero-order chi connectivity index (χ0) is 22.2. The molecule has 1 aromatic carbocycles. The maximum Gasteiger partial charge on any atom is 0.416 e. The van der Waals surface area contributed by atoms with E-state index < -0.39 is 18.2 Å². The second kappa shape index (κ2) is 8.57. The summed E-state index contributed by atoms with van der Waals surface area (Å²) >= 11 is 1.36. The lowest BCUT2D eigenvalue weighted by molar-refractivity contribution is -0.121.